The fourth-order valence-corrected chi connectivity index (χ4v) is 4.89. The number of rotatable bonds is 7. The first-order chi connectivity index (χ1) is 15.0. The predicted octanol–water partition coefficient (Wildman–Crippen LogP) is 5.25. The van der Waals surface area contributed by atoms with Gasteiger partial charge in [-0.15, -0.1) is 0 Å². The summed E-state index contributed by atoms with van der Waals surface area (Å²) in [5, 5.41) is 4.34. The number of fused-ring (bicyclic) bond motifs is 1. The average Bonchev–Trinajstić information content (AvgIpc) is 3.20. The SMILES string of the molecule is CN(Cc1ccccc1)c1nc2ncnc(SCC(=O)Nc3ccc(F)cc3Cl)c2s1. The molecule has 0 spiro atoms. The van der Waals surface area contributed by atoms with E-state index in [9.17, 15) is 9.18 Å². The molecular formula is C21H17ClFN5OS2. The van der Waals surface area contributed by atoms with Crippen LogP contribution in [0, 0.1) is 5.82 Å². The summed E-state index contributed by atoms with van der Waals surface area (Å²) in [6.45, 7) is 0.720. The molecule has 0 saturated heterocycles. The van der Waals surface area contributed by atoms with Crippen LogP contribution in [0.2, 0.25) is 5.02 Å². The second kappa shape index (κ2) is 9.59. The van der Waals surface area contributed by atoms with E-state index in [2.05, 4.69) is 37.3 Å². The molecular weight excluding hydrogens is 457 g/mol. The number of thioether (sulfide) groups is 1. The van der Waals surface area contributed by atoms with E-state index in [1.807, 2.05) is 25.2 Å². The number of amides is 1. The van der Waals surface area contributed by atoms with E-state index in [1.54, 1.807) is 0 Å². The number of halogens is 2. The third-order valence-corrected chi connectivity index (χ3v) is 6.88. The minimum atomic E-state index is -0.459. The quantitative estimate of drug-likeness (QED) is 0.292. The number of benzene rings is 2. The highest BCUT2D eigenvalue weighted by molar-refractivity contribution is 8.00. The standard InChI is InChI=1S/C21H17ClFN5OS2/c1-28(10-13-5-3-2-4-6-13)21-27-19-18(31-21)20(25-12-24-19)30-11-17(29)26-16-8-7-14(23)9-15(16)22/h2-9,12H,10-11H2,1H3,(H,26,29). The summed E-state index contributed by atoms with van der Waals surface area (Å²) < 4.78 is 14.0. The fourth-order valence-electron chi connectivity index (χ4n) is 2.82. The summed E-state index contributed by atoms with van der Waals surface area (Å²) in [5.74, 6) is -0.609. The Morgan fingerprint density at radius 3 is 2.81 bits per heavy atom. The van der Waals surface area contributed by atoms with Crippen LogP contribution in [0.4, 0.5) is 15.2 Å². The molecule has 2 aromatic heterocycles. The van der Waals surface area contributed by atoms with Crippen molar-refractivity contribution in [1.29, 1.82) is 0 Å². The van der Waals surface area contributed by atoms with Crippen molar-refractivity contribution in [2.24, 2.45) is 0 Å². The summed E-state index contributed by atoms with van der Waals surface area (Å²) in [6.07, 6.45) is 1.44. The Morgan fingerprint density at radius 1 is 1.23 bits per heavy atom. The van der Waals surface area contributed by atoms with Gasteiger partial charge in [-0.2, -0.15) is 4.98 Å². The van der Waals surface area contributed by atoms with Gasteiger partial charge in [-0.05, 0) is 23.8 Å². The molecule has 1 N–H and O–H groups in total. The molecule has 0 unspecified atom stereocenters. The highest BCUT2D eigenvalue weighted by atomic mass is 35.5. The van der Waals surface area contributed by atoms with Gasteiger partial charge in [-0.1, -0.05) is 65.0 Å². The topological polar surface area (TPSA) is 71.0 Å². The summed E-state index contributed by atoms with van der Waals surface area (Å²) >= 11 is 8.74. The summed E-state index contributed by atoms with van der Waals surface area (Å²) in [5.41, 5.74) is 2.14. The molecule has 0 radical (unpaired) electrons. The molecule has 10 heteroatoms. The van der Waals surface area contributed by atoms with Crippen molar-refractivity contribution in [1.82, 2.24) is 15.0 Å². The molecule has 4 rings (SSSR count). The zero-order chi connectivity index (χ0) is 21.8. The first kappa shape index (κ1) is 21.5. The zero-order valence-corrected chi connectivity index (χ0v) is 18.8. The molecule has 4 aromatic rings. The van der Waals surface area contributed by atoms with Gasteiger partial charge in [0, 0.05) is 13.6 Å². The Labute approximate surface area is 191 Å². The number of carbonyl (C=O) groups is 1. The number of hydrogen-bond donors (Lipinski definition) is 1. The van der Waals surface area contributed by atoms with Crippen LogP contribution in [-0.4, -0.2) is 33.7 Å². The van der Waals surface area contributed by atoms with Crippen LogP contribution in [-0.2, 0) is 11.3 Å². The summed E-state index contributed by atoms with van der Waals surface area (Å²) in [6, 6.07) is 14.0. The first-order valence-corrected chi connectivity index (χ1v) is 11.4. The van der Waals surface area contributed by atoms with Crippen molar-refractivity contribution in [3.8, 4) is 0 Å². The van der Waals surface area contributed by atoms with Crippen LogP contribution in [0.3, 0.4) is 0 Å². The summed E-state index contributed by atoms with van der Waals surface area (Å²) in [4.78, 5) is 27.6. The van der Waals surface area contributed by atoms with E-state index >= 15 is 0 Å². The highest BCUT2D eigenvalue weighted by Crippen LogP contribution is 2.34. The van der Waals surface area contributed by atoms with E-state index in [4.69, 9.17) is 11.6 Å². The number of carbonyl (C=O) groups excluding carboxylic acids is 1. The lowest BCUT2D eigenvalue weighted by Gasteiger charge is -2.15. The van der Waals surface area contributed by atoms with Crippen LogP contribution in [0.1, 0.15) is 5.56 Å². The van der Waals surface area contributed by atoms with Gasteiger partial charge >= 0.3 is 0 Å². The maximum absolute atomic E-state index is 13.2. The van der Waals surface area contributed by atoms with E-state index in [0.717, 1.165) is 22.4 Å². The van der Waals surface area contributed by atoms with Gasteiger partial charge in [0.05, 0.1) is 16.5 Å². The predicted molar refractivity (Wildman–Crippen MR) is 125 cm³/mol. The number of nitrogens with zero attached hydrogens (tertiary/aromatic N) is 4. The smallest absolute Gasteiger partial charge is 0.234 e. The minimum Gasteiger partial charge on any atom is -0.347 e. The van der Waals surface area contributed by atoms with Crippen LogP contribution in [0.25, 0.3) is 10.3 Å². The molecule has 0 aliphatic heterocycles. The van der Waals surface area contributed by atoms with E-state index in [0.29, 0.717) is 16.4 Å². The lowest BCUT2D eigenvalue weighted by atomic mass is 10.2. The van der Waals surface area contributed by atoms with Crippen molar-refractivity contribution in [2.75, 3.05) is 23.0 Å². The normalized spacial score (nSPS) is 10.9. The third-order valence-electron chi connectivity index (χ3n) is 4.28. The molecule has 0 atom stereocenters. The van der Waals surface area contributed by atoms with Gasteiger partial charge in [0.2, 0.25) is 5.91 Å². The van der Waals surface area contributed by atoms with Crippen LogP contribution < -0.4 is 10.2 Å². The van der Waals surface area contributed by atoms with Crippen molar-refractivity contribution in [3.63, 3.8) is 0 Å². The van der Waals surface area contributed by atoms with Crippen molar-refractivity contribution >= 4 is 61.8 Å². The maximum Gasteiger partial charge on any atom is 0.234 e. The molecule has 0 aliphatic rings. The van der Waals surface area contributed by atoms with Crippen molar-refractivity contribution in [2.45, 2.75) is 11.6 Å². The molecule has 1 amide bonds. The number of aromatic nitrogens is 3. The third kappa shape index (κ3) is 5.30. The Balaban J connectivity index is 1.45. The fraction of sp³-hybridized carbons (Fsp3) is 0.143. The molecule has 0 fully saturated rings. The monoisotopic (exact) mass is 473 g/mol. The number of thiazole rings is 1. The van der Waals surface area contributed by atoms with Crippen molar-refractivity contribution in [3.05, 3.63) is 71.3 Å². The second-order valence-corrected chi connectivity index (χ2v) is 8.98. The van der Waals surface area contributed by atoms with E-state index in [1.165, 1.54) is 47.1 Å². The van der Waals surface area contributed by atoms with Crippen molar-refractivity contribution < 1.29 is 9.18 Å². The first-order valence-electron chi connectivity index (χ1n) is 9.24. The van der Waals surface area contributed by atoms with Gasteiger partial charge in [0.1, 0.15) is 21.9 Å². The number of hydrogen-bond acceptors (Lipinski definition) is 7. The van der Waals surface area contributed by atoms with Crippen LogP contribution in [0.5, 0.6) is 0 Å². The highest BCUT2D eigenvalue weighted by Gasteiger charge is 2.15. The molecule has 158 valence electrons. The Kier molecular flexibility index (Phi) is 6.64. The second-order valence-electron chi connectivity index (χ2n) is 6.63. The molecule has 0 bridgehead atoms. The van der Waals surface area contributed by atoms with Gasteiger partial charge in [0.15, 0.2) is 10.8 Å². The zero-order valence-electron chi connectivity index (χ0n) is 16.4. The molecule has 2 aromatic carbocycles. The largest absolute Gasteiger partial charge is 0.347 e. The van der Waals surface area contributed by atoms with Gasteiger partial charge in [-0.3, -0.25) is 4.79 Å². The Bertz CT molecular complexity index is 1220. The maximum atomic E-state index is 13.2. The number of anilines is 2. The Morgan fingerprint density at radius 2 is 2.03 bits per heavy atom. The van der Waals surface area contributed by atoms with Crippen LogP contribution in [0.15, 0.2) is 59.9 Å². The van der Waals surface area contributed by atoms with Gasteiger partial charge in [-0.25, -0.2) is 14.4 Å². The number of nitrogens with one attached hydrogen (secondary N) is 1. The average molecular weight is 474 g/mol. The lowest BCUT2D eigenvalue weighted by Crippen LogP contribution is -2.15. The van der Waals surface area contributed by atoms with Gasteiger partial charge < -0.3 is 10.2 Å². The van der Waals surface area contributed by atoms with E-state index < -0.39 is 5.82 Å². The lowest BCUT2D eigenvalue weighted by molar-refractivity contribution is -0.113. The molecule has 0 aliphatic carbocycles. The molecule has 2 heterocycles. The molecule has 6 nitrogen and oxygen atoms in total. The van der Waals surface area contributed by atoms with Crippen LogP contribution >= 0.6 is 34.7 Å². The molecule has 0 saturated carbocycles. The Hall–Kier alpha value is -2.75. The molecule has 31 heavy (non-hydrogen) atoms. The summed E-state index contributed by atoms with van der Waals surface area (Å²) in [7, 11) is 1.98. The van der Waals surface area contributed by atoms with E-state index in [-0.39, 0.29) is 16.7 Å². The van der Waals surface area contributed by atoms with Gasteiger partial charge in [0.25, 0.3) is 0 Å². The minimum absolute atomic E-state index is 0.118.